The zero-order valence-corrected chi connectivity index (χ0v) is 15.9. The summed E-state index contributed by atoms with van der Waals surface area (Å²) in [6.07, 6.45) is 6.34. The summed E-state index contributed by atoms with van der Waals surface area (Å²) < 4.78 is 6.31. The Morgan fingerprint density at radius 1 is 1.27 bits per heavy atom. The normalized spacial score (nSPS) is 16.8. The number of hydrogen-bond donors (Lipinski definition) is 2. The lowest BCUT2D eigenvalue weighted by Gasteiger charge is -2.45. The molecule has 2 N–H and O–H groups in total. The van der Waals surface area contributed by atoms with Gasteiger partial charge in [-0.3, -0.25) is 14.5 Å². The molecule has 0 unspecified atom stereocenters. The molecule has 1 aromatic carbocycles. The van der Waals surface area contributed by atoms with E-state index in [-0.39, 0.29) is 0 Å². The van der Waals surface area contributed by atoms with Gasteiger partial charge in [0.1, 0.15) is 12.0 Å². The predicted octanol–water partition coefficient (Wildman–Crippen LogP) is 1.67. The summed E-state index contributed by atoms with van der Waals surface area (Å²) in [6.45, 7) is 1.91. The number of piperidine rings is 1. The molecule has 1 aromatic rings. The van der Waals surface area contributed by atoms with Crippen molar-refractivity contribution in [2.75, 3.05) is 41.3 Å². The molecule has 144 valence electrons. The third kappa shape index (κ3) is 6.03. The van der Waals surface area contributed by atoms with Crippen molar-refractivity contribution >= 4 is 18.6 Å². The summed E-state index contributed by atoms with van der Waals surface area (Å²) in [5.74, 6) is 0.585. The highest BCUT2D eigenvalue weighted by atomic mass is 16.5. The number of allylic oxidation sites excluding steroid dienone is 1. The van der Waals surface area contributed by atoms with Gasteiger partial charge in [-0.25, -0.2) is 5.48 Å². The van der Waals surface area contributed by atoms with Gasteiger partial charge in [0.05, 0.1) is 5.56 Å². The molecule has 1 heterocycles. The van der Waals surface area contributed by atoms with Crippen LogP contribution in [-0.2, 0) is 4.79 Å². The molecule has 7 heteroatoms. The van der Waals surface area contributed by atoms with Gasteiger partial charge in [0.25, 0.3) is 0 Å². The van der Waals surface area contributed by atoms with E-state index in [1.165, 1.54) is 13.1 Å². The predicted molar refractivity (Wildman–Crippen MR) is 102 cm³/mol. The van der Waals surface area contributed by atoms with Crippen molar-refractivity contribution in [1.82, 2.24) is 15.3 Å². The lowest BCUT2D eigenvalue weighted by Crippen LogP contribution is -2.55. The Labute approximate surface area is 155 Å². The Hall–Kier alpha value is -2.06. The lowest BCUT2D eigenvalue weighted by molar-refractivity contribution is -0.104. The number of hydrogen-bond acceptors (Lipinski definition) is 7. The molecule has 0 aliphatic carbocycles. The minimum absolute atomic E-state index is 0.398. The Balaban J connectivity index is 0.00000105. The summed E-state index contributed by atoms with van der Waals surface area (Å²) in [5.41, 5.74) is 2.65. The van der Waals surface area contributed by atoms with E-state index in [0.29, 0.717) is 17.6 Å². The Morgan fingerprint density at radius 3 is 2.38 bits per heavy atom. The monoisotopic (exact) mass is 363 g/mol. The summed E-state index contributed by atoms with van der Waals surface area (Å²) in [5, 5.41) is 7.32. The maximum absolute atomic E-state index is 11.4. The van der Waals surface area contributed by atoms with Gasteiger partial charge >= 0.3 is 0 Å². The summed E-state index contributed by atoms with van der Waals surface area (Å²) >= 11 is 0. The molecule has 0 bridgehead atoms. The Morgan fingerprint density at radius 2 is 1.88 bits per heavy atom. The van der Waals surface area contributed by atoms with E-state index in [1.807, 2.05) is 20.2 Å². The largest absolute Gasteiger partial charge is 0.472 e. The van der Waals surface area contributed by atoms with Crippen molar-refractivity contribution in [3.63, 3.8) is 0 Å². The van der Waals surface area contributed by atoms with Crippen LogP contribution in [0.25, 0.3) is 6.08 Å². The molecule has 1 aliphatic rings. The molecular formula is C19H29N3O4. The number of nitrogens with zero attached hydrogens (tertiary/aromatic N) is 2. The maximum Gasteiger partial charge on any atom is 0.165 e. The fraction of sp³-hybridized carbons (Fsp3) is 0.474. The molecule has 1 aliphatic heterocycles. The van der Waals surface area contributed by atoms with Crippen molar-refractivity contribution < 1.29 is 19.5 Å². The number of aldehydes is 2. The van der Waals surface area contributed by atoms with E-state index >= 15 is 0 Å². The van der Waals surface area contributed by atoms with Gasteiger partial charge in [-0.15, -0.1) is 0 Å². The average Bonchev–Trinajstić information content (AvgIpc) is 2.63. The number of carbonyl (C=O) groups excluding carboxylic acids is 2. The summed E-state index contributed by atoms with van der Waals surface area (Å²) in [4.78, 5) is 26.2. The second-order valence-corrected chi connectivity index (χ2v) is 6.38. The van der Waals surface area contributed by atoms with E-state index < -0.39 is 5.72 Å². The van der Waals surface area contributed by atoms with Crippen LogP contribution in [0.2, 0.25) is 0 Å². The molecular weight excluding hydrogens is 334 g/mol. The van der Waals surface area contributed by atoms with Crippen molar-refractivity contribution in [2.45, 2.75) is 18.6 Å². The topological polar surface area (TPSA) is 82.1 Å². The zero-order valence-electron chi connectivity index (χ0n) is 15.9. The van der Waals surface area contributed by atoms with E-state index in [4.69, 9.17) is 9.94 Å². The highest BCUT2D eigenvalue weighted by Crippen LogP contribution is 2.32. The number of ether oxygens (including phenoxy) is 1. The van der Waals surface area contributed by atoms with E-state index in [9.17, 15) is 9.59 Å². The zero-order chi connectivity index (χ0) is 19.6. The second kappa shape index (κ2) is 10.8. The van der Waals surface area contributed by atoms with Gasteiger partial charge in [0, 0.05) is 33.0 Å². The standard InChI is InChI=1S/C18H24N2O3.CH5NO/c1-19(2)18(8-10-20(3)11-9-18)23-17-7-6-15(5-4-12-21)13-16(17)14-22;1-2-3/h4-7,12-14H,8-11H2,1-3H3;2-3H,1H3/b5-4+;. The number of nitrogens with one attached hydrogen (secondary N) is 1. The average molecular weight is 363 g/mol. The van der Waals surface area contributed by atoms with Gasteiger partial charge in [0.2, 0.25) is 0 Å². The first kappa shape index (κ1) is 22.0. The van der Waals surface area contributed by atoms with Crippen LogP contribution in [-0.4, -0.2) is 74.6 Å². The van der Waals surface area contributed by atoms with Crippen LogP contribution in [0, 0.1) is 0 Å². The van der Waals surface area contributed by atoms with Crippen LogP contribution in [0.5, 0.6) is 5.75 Å². The number of hydroxylamine groups is 1. The summed E-state index contributed by atoms with van der Waals surface area (Å²) in [7, 11) is 7.55. The lowest BCUT2D eigenvalue weighted by atomic mass is 9.99. The first-order valence-corrected chi connectivity index (χ1v) is 8.49. The fourth-order valence-corrected chi connectivity index (χ4v) is 2.82. The van der Waals surface area contributed by atoms with Crippen molar-refractivity contribution in [2.24, 2.45) is 0 Å². The van der Waals surface area contributed by atoms with Crippen molar-refractivity contribution in [1.29, 1.82) is 0 Å². The molecule has 26 heavy (non-hydrogen) atoms. The number of likely N-dealkylation sites (tertiary alicyclic amines) is 1. The van der Waals surface area contributed by atoms with E-state index in [1.54, 1.807) is 23.7 Å². The van der Waals surface area contributed by atoms with Crippen molar-refractivity contribution in [3.8, 4) is 5.75 Å². The van der Waals surface area contributed by atoms with Crippen LogP contribution >= 0.6 is 0 Å². The number of carbonyl (C=O) groups is 2. The molecule has 0 spiro atoms. The number of benzene rings is 1. The van der Waals surface area contributed by atoms with Crippen LogP contribution in [0.4, 0.5) is 0 Å². The molecule has 0 aromatic heterocycles. The van der Waals surface area contributed by atoms with Crippen LogP contribution < -0.4 is 10.2 Å². The molecule has 0 atom stereocenters. The smallest absolute Gasteiger partial charge is 0.165 e. The van der Waals surface area contributed by atoms with Gasteiger partial charge in [-0.1, -0.05) is 12.1 Å². The van der Waals surface area contributed by atoms with Gasteiger partial charge < -0.3 is 14.8 Å². The minimum atomic E-state index is -0.398. The van der Waals surface area contributed by atoms with E-state index in [2.05, 4.69) is 16.8 Å². The van der Waals surface area contributed by atoms with Gasteiger partial charge in [0.15, 0.2) is 12.0 Å². The molecule has 0 amide bonds. The fourth-order valence-electron chi connectivity index (χ4n) is 2.82. The van der Waals surface area contributed by atoms with Crippen LogP contribution in [0.1, 0.15) is 28.8 Å². The third-order valence-corrected chi connectivity index (χ3v) is 4.41. The Kier molecular flexibility index (Phi) is 9.15. The Bertz CT molecular complexity index is 609. The van der Waals surface area contributed by atoms with Crippen LogP contribution in [0.3, 0.4) is 0 Å². The highest BCUT2D eigenvalue weighted by molar-refractivity contribution is 5.82. The van der Waals surface area contributed by atoms with Crippen LogP contribution in [0.15, 0.2) is 24.3 Å². The highest BCUT2D eigenvalue weighted by Gasteiger charge is 2.38. The van der Waals surface area contributed by atoms with Gasteiger partial charge in [-0.05, 0) is 44.9 Å². The molecule has 0 radical (unpaired) electrons. The van der Waals surface area contributed by atoms with Gasteiger partial charge in [-0.2, -0.15) is 0 Å². The number of rotatable bonds is 6. The quantitative estimate of drug-likeness (QED) is 0.344. The first-order chi connectivity index (χ1) is 12.4. The molecule has 2 rings (SSSR count). The summed E-state index contributed by atoms with van der Waals surface area (Å²) in [6, 6.07) is 5.39. The van der Waals surface area contributed by atoms with Crippen molar-refractivity contribution in [3.05, 3.63) is 35.4 Å². The SMILES string of the molecule is CN1CCC(Oc2ccc(/C=C/C=O)cc2C=O)(N(C)C)CC1.CNO. The minimum Gasteiger partial charge on any atom is -0.472 e. The molecule has 0 saturated carbocycles. The second-order valence-electron chi connectivity index (χ2n) is 6.38. The maximum atomic E-state index is 11.4. The molecule has 1 fully saturated rings. The molecule has 1 saturated heterocycles. The molecule has 7 nitrogen and oxygen atoms in total. The van der Waals surface area contributed by atoms with E-state index in [0.717, 1.165) is 37.8 Å². The first-order valence-electron chi connectivity index (χ1n) is 8.49. The third-order valence-electron chi connectivity index (χ3n) is 4.41.